The van der Waals surface area contributed by atoms with Crippen LogP contribution in [0.15, 0.2) is 0 Å². The Bertz CT molecular complexity index is 197. The van der Waals surface area contributed by atoms with Gasteiger partial charge < -0.3 is 15.6 Å². The van der Waals surface area contributed by atoms with Crippen molar-refractivity contribution in [2.75, 3.05) is 26.3 Å². The van der Waals surface area contributed by atoms with E-state index < -0.39 is 5.54 Å². The first-order valence-corrected chi connectivity index (χ1v) is 5.70. The molecule has 3 atom stereocenters. The molecule has 0 radical (unpaired) electrons. The molecule has 1 aliphatic heterocycles. The summed E-state index contributed by atoms with van der Waals surface area (Å²) in [5, 5.41) is 9.13. The van der Waals surface area contributed by atoms with Crippen LogP contribution >= 0.6 is 0 Å². The first kappa shape index (κ1) is 12.9. The predicted molar refractivity (Wildman–Crippen MR) is 60.7 cm³/mol. The maximum absolute atomic E-state index is 9.13. The molecule has 0 saturated carbocycles. The van der Waals surface area contributed by atoms with Gasteiger partial charge in [0.1, 0.15) is 0 Å². The molecule has 90 valence electrons. The van der Waals surface area contributed by atoms with Gasteiger partial charge in [-0.05, 0) is 27.2 Å². The zero-order chi connectivity index (χ0) is 11.5. The molecule has 0 aromatic heterocycles. The molecule has 4 nitrogen and oxygen atoms in total. The summed E-state index contributed by atoms with van der Waals surface area (Å²) < 4.78 is 5.49. The largest absolute Gasteiger partial charge is 0.394 e. The van der Waals surface area contributed by atoms with Crippen molar-refractivity contribution in [3.8, 4) is 0 Å². The van der Waals surface area contributed by atoms with Gasteiger partial charge in [0.15, 0.2) is 0 Å². The normalized spacial score (nSPS) is 29.8. The molecule has 0 spiro atoms. The van der Waals surface area contributed by atoms with Gasteiger partial charge in [-0.15, -0.1) is 0 Å². The molecule has 1 rings (SSSR count). The highest BCUT2D eigenvalue weighted by Gasteiger charge is 2.27. The highest BCUT2D eigenvalue weighted by molar-refractivity contribution is 4.85. The first-order chi connectivity index (χ1) is 6.94. The Hall–Kier alpha value is -0.160. The van der Waals surface area contributed by atoms with Crippen molar-refractivity contribution in [2.45, 2.75) is 44.9 Å². The van der Waals surface area contributed by atoms with Gasteiger partial charge in [0.05, 0.1) is 19.3 Å². The molecule has 15 heavy (non-hydrogen) atoms. The van der Waals surface area contributed by atoms with E-state index in [2.05, 4.69) is 18.7 Å². The second kappa shape index (κ2) is 5.25. The number of morpholine rings is 1. The van der Waals surface area contributed by atoms with E-state index in [9.17, 15) is 0 Å². The summed E-state index contributed by atoms with van der Waals surface area (Å²) >= 11 is 0. The van der Waals surface area contributed by atoms with Crippen LogP contribution in [0.2, 0.25) is 0 Å². The Morgan fingerprint density at radius 2 is 2.33 bits per heavy atom. The average Bonchev–Trinajstić information content (AvgIpc) is 2.17. The molecule has 0 aliphatic carbocycles. The third kappa shape index (κ3) is 4.07. The molecule has 1 saturated heterocycles. The molecule has 1 fully saturated rings. The van der Waals surface area contributed by atoms with E-state index in [-0.39, 0.29) is 6.61 Å². The second-order valence-corrected chi connectivity index (χ2v) is 5.04. The summed E-state index contributed by atoms with van der Waals surface area (Å²) in [6, 6.07) is 0.401. The van der Waals surface area contributed by atoms with Gasteiger partial charge in [-0.1, -0.05) is 0 Å². The van der Waals surface area contributed by atoms with Crippen molar-refractivity contribution in [2.24, 2.45) is 5.73 Å². The van der Waals surface area contributed by atoms with Gasteiger partial charge in [0, 0.05) is 24.7 Å². The highest BCUT2D eigenvalue weighted by atomic mass is 16.5. The van der Waals surface area contributed by atoms with Gasteiger partial charge in [-0.2, -0.15) is 0 Å². The average molecular weight is 216 g/mol. The molecule has 1 heterocycles. The van der Waals surface area contributed by atoms with Crippen LogP contribution in [-0.4, -0.2) is 54.0 Å². The van der Waals surface area contributed by atoms with Crippen molar-refractivity contribution in [1.29, 1.82) is 0 Å². The minimum Gasteiger partial charge on any atom is -0.394 e. The van der Waals surface area contributed by atoms with Crippen LogP contribution in [0.25, 0.3) is 0 Å². The van der Waals surface area contributed by atoms with Gasteiger partial charge in [-0.25, -0.2) is 0 Å². The van der Waals surface area contributed by atoms with Crippen molar-refractivity contribution in [1.82, 2.24) is 4.90 Å². The number of rotatable bonds is 4. The van der Waals surface area contributed by atoms with E-state index in [1.54, 1.807) is 0 Å². The lowest BCUT2D eigenvalue weighted by Gasteiger charge is -2.38. The molecule has 0 aromatic rings. The fraction of sp³-hybridized carbons (Fsp3) is 1.00. The summed E-state index contributed by atoms with van der Waals surface area (Å²) in [6.45, 7) is 8.91. The molecule has 0 bridgehead atoms. The number of ether oxygens (including phenoxy) is 1. The van der Waals surface area contributed by atoms with Crippen molar-refractivity contribution in [3.63, 3.8) is 0 Å². The Morgan fingerprint density at radius 3 is 2.87 bits per heavy atom. The third-order valence-corrected chi connectivity index (χ3v) is 3.02. The maximum atomic E-state index is 9.13. The minimum absolute atomic E-state index is 0.0389. The molecule has 3 unspecified atom stereocenters. The zero-order valence-corrected chi connectivity index (χ0v) is 10.1. The van der Waals surface area contributed by atoms with Gasteiger partial charge in [0.2, 0.25) is 0 Å². The SMILES string of the molecule is CC1CN(C(C)CC(C)(N)CO)CCO1. The topological polar surface area (TPSA) is 58.7 Å². The quantitative estimate of drug-likeness (QED) is 0.704. The standard InChI is InChI=1S/C11H24N2O2/c1-9(6-11(3,12)8-14)13-4-5-15-10(2)7-13/h9-10,14H,4-8,12H2,1-3H3. The van der Waals surface area contributed by atoms with Crippen molar-refractivity contribution < 1.29 is 9.84 Å². The van der Waals surface area contributed by atoms with Crippen LogP contribution < -0.4 is 5.73 Å². The van der Waals surface area contributed by atoms with Crippen LogP contribution in [0.4, 0.5) is 0 Å². The smallest absolute Gasteiger partial charge is 0.0674 e. The lowest BCUT2D eigenvalue weighted by molar-refractivity contribution is -0.0361. The van der Waals surface area contributed by atoms with E-state index in [4.69, 9.17) is 15.6 Å². The second-order valence-electron chi connectivity index (χ2n) is 5.04. The minimum atomic E-state index is -0.471. The Balaban J connectivity index is 2.42. The summed E-state index contributed by atoms with van der Waals surface area (Å²) in [5.74, 6) is 0. The van der Waals surface area contributed by atoms with E-state index in [0.29, 0.717) is 12.1 Å². The fourth-order valence-corrected chi connectivity index (χ4v) is 2.11. The van der Waals surface area contributed by atoms with Crippen LogP contribution in [0.1, 0.15) is 27.2 Å². The van der Waals surface area contributed by atoms with E-state index >= 15 is 0 Å². The van der Waals surface area contributed by atoms with E-state index in [1.807, 2.05) is 6.92 Å². The van der Waals surface area contributed by atoms with Gasteiger partial charge >= 0.3 is 0 Å². The molecule has 1 aliphatic rings. The van der Waals surface area contributed by atoms with Crippen LogP contribution in [0.3, 0.4) is 0 Å². The number of nitrogens with two attached hydrogens (primary N) is 1. The summed E-state index contributed by atoms with van der Waals surface area (Å²) in [5.41, 5.74) is 5.48. The number of aliphatic hydroxyl groups is 1. The first-order valence-electron chi connectivity index (χ1n) is 5.70. The third-order valence-electron chi connectivity index (χ3n) is 3.02. The lowest BCUT2D eigenvalue weighted by atomic mass is 9.95. The Morgan fingerprint density at radius 1 is 1.67 bits per heavy atom. The summed E-state index contributed by atoms with van der Waals surface area (Å²) in [4.78, 5) is 2.38. The molecular weight excluding hydrogens is 192 g/mol. The highest BCUT2D eigenvalue weighted by Crippen LogP contribution is 2.16. The number of hydrogen-bond acceptors (Lipinski definition) is 4. The number of nitrogens with zero attached hydrogens (tertiary/aromatic N) is 1. The molecule has 0 aromatic carbocycles. The zero-order valence-electron chi connectivity index (χ0n) is 10.1. The molecule has 4 heteroatoms. The van der Waals surface area contributed by atoms with E-state index in [1.165, 1.54) is 0 Å². The predicted octanol–water partition coefficient (Wildman–Crippen LogP) is 0.195. The Labute approximate surface area is 92.4 Å². The Kier molecular flexibility index (Phi) is 4.52. The van der Waals surface area contributed by atoms with Crippen LogP contribution in [0.5, 0.6) is 0 Å². The summed E-state index contributed by atoms with van der Waals surface area (Å²) in [6.07, 6.45) is 1.12. The van der Waals surface area contributed by atoms with E-state index in [0.717, 1.165) is 26.1 Å². The van der Waals surface area contributed by atoms with Crippen molar-refractivity contribution in [3.05, 3.63) is 0 Å². The van der Waals surface area contributed by atoms with Crippen LogP contribution in [-0.2, 0) is 4.74 Å². The number of hydrogen-bond donors (Lipinski definition) is 2. The van der Waals surface area contributed by atoms with Gasteiger partial charge in [0.25, 0.3) is 0 Å². The summed E-state index contributed by atoms with van der Waals surface area (Å²) in [7, 11) is 0. The fourth-order valence-electron chi connectivity index (χ4n) is 2.11. The lowest BCUT2D eigenvalue weighted by Crippen LogP contribution is -2.51. The monoisotopic (exact) mass is 216 g/mol. The van der Waals surface area contributed by atoms with Crippen LogP contribution in [0, 0.1) is 0 Å². The number of aliphatic hydroxyl groups excluding tert-OH is 1. The maximum Gasteiger partial charge on any atom is 0.0674 e. The van der Waals surface area contributed by atoms with Crippen molar-refractivity contribution >= 4 is 0 Å². The van der Waals surface area contributed by atoms with Gasteiger partial charge in [-0.3, -0.25) is 4.90 Å². The molecule has 0 amide bonds. The molecular formula is C11H24N2O2. The molecule has 3 N–H and O–H groups in total.